The van der Waals surface area contributed by atoms with Crippen molar-refractivity contribution in [2.45, 2.75) is 13.8 Å². The number of thiazole rings is 1. The fourth-order valence-electron chi connectivity index (χ4n) is 3.89. The Morgan fingerprint density at radius 2 is 2.00 bits per heavy atom. The van der Waals surface area contributed by atoms with E-state index in [1.165, 1.54) is 11.3 Å². The molecule has 0 radical (unpaired) electrons. The molecule has 2 aromatic heterocycles. The van der Waals surface area contributed by atoms with E-state index in [0.29, 0.717) is 21.5 Å². The number of hydrogen-bond donors (Lipinski definition) is 1. The van der Waals surface area contributed by atoms with Gasteiger partial charge >= 0.3 is 0 Å². The summed E-state index contributed by atoms with van der Waals surface area (Å²) in [5, 5.41) is 4.53. The number of carbonyl (C=O) groups is 1. The van der Waals surface area contributed by atoms with Crippen LogP contribution in [0.4, 0.5) is 22.3 Å². The van der Waals surface area contributed by atoms with Gasteiger partial charge in [-0.15, -0.1) is 0 Å². The molecule has 11 heteroatoms. The maximum Gasteiger partial charge on any atom is 0.284 e. The quantitative estimate of drug-likeness (QED) is 0.482. The zero-order valence-corrected chi connectivity index (χ0v) is 22.0. The highest BCUT2D eigenvalue weighted by atomic mass is 35.5. The second-order valence-electron chi connectivity index (χ2n) is 8.40. The summed E-state index contributed by atoms with van der Waals surface area (Å²) in [6.07, 6.45) is 1.69. The van der Waals surface area contributed by atoms with Gasteiger partial charge in [0.1, 0.15) is 22.5 Å². The van der Waals surface area contributed by atoms with E-state index < -0.39 is 0 Å². The molecule has 1 saturated heterocycles. The van der Waals surface area contributed by atoms with Crippen molar-refractivity contribution in [1.29, 1.82) is 0 Å². The molecule has 35 heavy (non-hydrogen) atoms. The number of carbonyl (C=O) groups excluding carboxylic acids is 1. The molecular weight excluding hydrogens is 486 g/mol. The van der Waals surface area contributed by atoms with Crippen molar-refractivity contribution in [1.82, 2.24) is 19.9 Å². The molecule has 1 aliphatic rings. The van der Waals surface area contributed by atoms with Crippen molar-refractivity contribution in [2.24, 2.45) is 0 Å². The van der Waals surface area contributed by atoms with Crippen LogP contribution in [-0.4, -0.2) is 79.2 Å². The third-order valence-electron chi connectivity index (χ3n) is 5.94. The topological polar surface area (TPSA) is 86.7 Å². The first-order chi connectivity index (χ1) is 16.9. The van der Waals surface area contributed by atoms with Crippen LogP contribution < -0.4 is 15.1 Å². The number of aryl methyl sites for hydroxylation is 2. The number of benzene rings is 1. The van der Waals surface area contributed by atoms with Crippen LogP contribution in [0.15, 0.2) is 30.5 Å². The number of methoxy groups -OCH3 is 1. The lowest BCUT2D eigenvalue weighted by Gasteiger charge is -2.35. The van der Waals surface area contributed by atoms with Crippen LogP contribution >= 0.6 is 22.9 Å². The summed E-state index contributed by atoms with van der Waals surface area (Å²) < 4.78 is 5.20. The Morgan fingerprint density at radius 3 is 2.71 bits per heavy atom. The Kier molecular flexibility index (Phi) is 8.17. The van der Waals surface area contributed by atoms with Gasteiger partial charge in [0.05, 0.1) is 23.5 Å². The molecule has 0 bridgehead atoms. The molecule has 1 fully saturated rings. The number of piperazine rings is 1. The van der Waals surface area contributed by atoms with Crippen LogP contribution in [0.5, 0.6) is 0 Å². The van der Waals surface area contributed by atoms with Crippen molar-refractivity contribution in [3.63, 3.8) is 0 Å². The Balaban J connectivity index is 1.46. The van der Waals surface area contributed by atoms with E-state index in [1.807, 2.05) is 44.0 Å². The number of rotatable bonds is 8. The van der Waals surface area contributed by atoms with Gasteiger partial charge in [0.2, 0.25) is 0 Å². The minimum Gasteiger partial charge on any atom is -0.383 e. The molecule has 0 unspecified atom stereocenters. The van der Waals surface area contributed by atoms with E-state index in [0.717, 1.165) is 61.5 Å². The van der Waals surface area contributed by atoms with Gasteiger partial charge in [-0.2, -0.15) is 0 Å². The molecule has 3 heterocycles. The highest BCUT2D eigenvalue weighted by Gasteiger charge is 2.21. The summed E-state index contributed by atoms with van der Waals surface area (Å²) in [5.74, 6) is 2.06. The molecular formula is C24H30ClN7O2S. The molecule has 0 aliphatic carbocycles. The normalized spacial score (nSPS) is 14.3. The van der Waals surface area contributed by atoms with Crippen molar-refractivity contribution >= 4 is 51.2 Å². The predicted octanol–water partition coefficient (Wildman–Crippen LogP) is 3.99. The van der Waals surface area contributed by atoms with Crippen molar-refractivity contribution < 1.29 is 9.53 Å². The van der Waals surface area contributed by atoms with Crippen LogP contribution in [0.1, 0.15) is 21.2 Å². The van der Waals surface area contributed by atoms with Gasteiger partial charge in [-0.1, -0.05) is 35.1 Å². The minimum absolute atomic E-state index is 0.295. The first kappa shape index (κ1) is 25.3. The van der Waals surface area contributed by atoms with Gasteiger partial charge < -0.3 is 19.9 Å². The third-order valence-corrected chi connectivity index (χ3v) is 7.33. The Labute approximate surface area is 214 Å². The Morgan fingerprint density at radius 1 is 1.23 bits per heavy atom. The molecule has 1 N–H and O–H groups in total. The summed E-state index contributed by atoms with van der Waals surface area (Å²) >= 11 is 7.55. The fourth-order valence-corrected chi connectivity index (χ4v) is 4.94. The van der Waals surface area contributed by atoms with E-state index >= 15 is 0 Å². The van der Waals surface area contributed by atoms with Gasteiger partial charge in [-0.3, -0.25) is 9.69 Å². The lowest BCUT2D eigenvalue weighted by Crippen LogP contribution is -2.47. The summed E-state index contributed by atoms with van der Waals surface area (Å²) in [7, 11) is 3.65. The lowest BCUT2D eigenvalue weighted by atomic mass is 10.2. The van der Waals surface area contributed by atoms with Crippen molar-refractivity contribution in [3.05, 3.63) is 51.9 Å². The van der Waals surface area contributed by atoms with Gasteiger partial charge in [-0.05, 0) is 25.5 Å². The number of nitrogens with zero attached hydrogens (tertiary/aromatic N) is 6. The van der Waals surface area contributed by atoms with E-state index in [2.05, 4.69) is 30.1 Å². The lowest BCUT2D eigenvalue weighted by molar-refractivity contribution is 0.102. The zero-order valence-electron chi connectivity index (χ0n) is 20.4. The minimum atomic E-state index is -0.295. The number of ether oxygens (including phenoxy) is 1. The molecule has 0 spiro atoms. The second-order valence-corrected chi connectivity index (χ2v) is 9.82. The average molecular weight is 516 g/mol. The standard InChI is InChI=1S/C24H30ClN7O2S/c1-16-6-5-7-18(25)22(16)29-23(33)24-26-15-21(35-24)30(3)19-14-20(28-17(2)27-19)32-10-8-31(9-11-32)12-13-34-4/h5-7,14-15H,8-13H2,1-4H3,(H,29,33). The molecule has 1 aromatic carbocycles. The molecule has 0 atom stereocenters. The number of hydrogen-bond acceptors (Lipinski definition) is 9. The maximum absolute atomic E-state index is 12.8. The van der Waals surface area contributed by atoms with Crippen LogP contribution in [0.2, 0.25) is 5.02 Å². The van der Waals surface area contributed by atoms with E-state index in [9.17, 15) is 4.79 Å². The highest BCUT2D eigenvalue weighted by molar-refractivity contribution is 7.17. The molecule has 1 amide bonds. The maximum atomic E-state index is 12.8. The van der Waals surface area contributed by atoms with Gasteiger partial charge in [-0.25, -0.2) is 15.0 Å². The summed E-state index contributed by atoms with van der Waals surface area (Å²) in [6, 6.07) is 7.49. The predicted molar refractivity (Wildman–Crippen MR) is 142 cm³/mol. The number of halogens is 1. The first-order valence-electron chi connectivity index (χ1n) is 11.4. The number of aromatic nitrogens is 3. The van der Waals surface area contributed by atoms with Crippen molar-refractivity contribution in [2.75, 3.05) is 68.6 Å². The molecule has 4 rings (SSSR count). The fraction of sp³-hybridized carbons (Fsp3) is 0.417. The van der Waals surface area contributed by atoms with Crippen LogP contribution in [0.25, 0.3) is 0 Å². The molecule has 3 aromatic rings. The average Bonchev–Trinajstić information content (AvgIpc) is 3.35. The largest absolute Gasteiger partial charge is 0.383 e. The zero-order chi connectivity index (χ0) is 24.9. The van der Waals surface area contributed by atoms with Crippen molar-refractivity contribution in [3.8, 4) is 0 Å². The van der Waals surface area contributed by atoms with E-state index in [-0.39, 0.29) is 5.91 Å². The second kappa shape index (κ2) is 11.3. The van der Waals surface area contributed by atoms with Gasteiger partial charge in [0.15, 0.2) is 5.01 Å². The van der Waals surface area contributed by atoms with E-state index in [4.69, 9.17) is 16.3 Å². The first-order valence-corrected chi connectivity index (χ1v) is 12.6. The number of amides is 1. The van der Waals surface area contributed by atoms with Crippen LogP contribution in [0, 0.1) is 13.8 Å². The SMILES string of the molecule is COCCN1CCN(c2cc(N(C)c3cnc(C(=O)Nc4c(C)cccc4Cl)s3)nc(C)n2)CC1. The number of anilines is 4. The van der Waals surface area contributed by atoms with Crippen LogP contribution in [-0.2, 0) is 4.74 Å². The molecule has 9 nitrogen and oxygen atoms in total. The third kappa shape index (κ3) is 6.07. The smallest absolute Gasteiger partial charge is 0.284 e. The van der Waals surface area contributed by atoms with Gasteiger partial charge in [0, 0.05) is 52.9 Å². The molecule has 1 aliphatic heterocycles. The summed E-state index contributed by atoms with van der Waals surface area (Å²) in [4.78, 5) is 33.1. The number of nitrogens with one attached hydrogen (secondary N) is 1. The van der Waals surface area contributed by atoms with Crippen LogP contribution in [0.3, 0.4) is 0 Å². The Hall–Kier alpha value is -2.79. The summed E-state index contributed by atoms with van der Waals surface area (Å²) in [5.41, 5.74) is 1.49. The number of para-hydroxylation sites is 1. The van der Waals surface area contributed by atoms with E-state index in [1.54, 1.807) is 19.4 Å². The summed E-state index contributed by atoms with van der Waals surface area (Å²) in [6.45, 7) is 9.22. The molecule has 0 saturated carbocycles. The Bertz CT molecular complexity index is 1160. The molecule has 186 valence electrons. The van der Waals surface area contributed by atoms with Gasteiger partial charge in [0.25, 0.3) is 5.91 Å². The highest BCUT2D eigenvalue weighted by Crippen LogP contribution is 2.31. The monoisotopic (exact) mass is 515 g/mol.